The summed E-state index contributed by atoms with van der Waals surface area (Å²) < 4.78 is 50.4. The van der Waals surface area contributed by atoms with E-state index in [1.165, 1.54) is 12.1 Å². The Bertz CT molecular complexity index is 1520. The van der Waals surface area contributed by atoms with Crippen molar-refractivity contribution in [2.75, 3.05) is 10.6 Å². The molecule has 2 heterocycles. The number of rotatable bonds is 8. The van der Waals surface area contributed by atoms with Gasteiger partial charge < -0.3 is 21.2 Å². The zero-order valence-corrected chi connectivity index (χ0v) is 21.2. The van der Waals surface area contributed by atoms with E-state index in [1.807, 2.05) is 0 Å². The van der Waals surface area contributed by atoms with Gasteiger partial charge in [0.25, 0.3) is 17.7 Å². The highest BCUT2D eigenvalue weighted by Crippen LogP contribution is 2.37. The van der Waals surface area contributed by atoms with Gasteiger partial charge in [-0.05, 0) is 54.4 Å². The Balaban J connectivity index is 1.86. The molecule has 5 N–H and O–H groups in total. The fourth-order valence-electron chi connectivity index (χ4n) is 3.81. The maximum atomic E-state index is 13.9. The molecule has 202 valence electrons. The normalized spacial score (nSPS) is 12.1. The molecule has 0 saturated carbocycles. The molecule has 4 rings (SSSR count). The fraction of sp³-hybridized carbons (Fsp3) is 0.154. The molecule has 1 atom stereocenters. The summed E-state index contributed by atoms with van der Waals surface area (Å²) in [5.74, 6) is -2.33. The summed E-state index contributed by atoms with van der Waals surface area (Å²) in [5.41, 5.74) is 9.95. The van der Waals surface area contributed by atoms with E-state index in [9.17, 15) is 27.6 Å². The Labute approximate surface area is 224 Å². The lowest BCUT2D eigenvalue weighted by Crippen LogP contribution is -2.44. The third-order valence-electron chi connectivity index (χ3n) is 5.67. The fourth-order valence-corrected chi connectivity index (χ4v) is 4.55. The van der Waals surface area contributed by atoms with Crippen LogP contribution in [0.4, 0.5) is 24.5 Å². The summed E-state index contributed by atoms with van der Waals surface area (Å²) in [6, 6.07) is 14.2. The number of alkyl halides is 3. The second-order valence-electron chi connectivity index (χ2n) is 8.42. The maximum Gasteiger partial charge on any atom is 0.416 e. The van der Waals surface area contributed by atoms with Gasteiger partial charge in [0.1, 0.15) is 16.4 Å². The second-order valence-corrected chi connectivity index (χ2v) is 9.19. The van der Waals surface area contributed by atoms with Crippen molar-refractivity contribution in [2.45, 2.75) is 25.7 Å². The first-order chi connectivity index (χ1) is 18.5. The van der Waals surface area contributed by atoms with Crippen LogP contribution < -0.4 is 21.7 Å². The molecule has 2 aromatic carbocycles. The first-order valence-corrected chi connectivity index (χ1v) is 12.2. The number of hydrogen-bond acceptors (Lipinski definition) is 7. The van der Waals surface area contributed by atoms with Gasteiger partial charge >= 0.3 is 6.18 Å². The summed E-state index contributed by atoms with van der Waals surface area (Å²) in [7, 11) is 0. The first-order valence-electron chi connectivity index (χ1n) is 11.4. The Hall–Kier alpha value is -4.65. The van der Waals surface area contributed by atoms with Crippen LogP contribution in [0.15, 0.2) is 71.1 Å². The Kier molecular flexibility index (Phi) is 7.72. The lowest BCUT2D eigenvalue weighted by atomic mass is 10.1. The largest absolute Gasteiger partial charge is 0.464 e. The van der Waals surface area contributed by atoms with Crippen LogP contribution in [0.1, 0.15) is 48.8 Å². The predicted molar refractivity (Wildman–Crippen MR) is 138 cm³/mol. The zero-order chi connectivity index (χ0) is 28.3. The van der Waals surface area contributed by atoms with Gasteiger partial charge in [0.2, 0.25) is 0 Å². The number of primary amides is 1. The van der Waals surface area contributed by atoms with E-state index in [4.69, 9.17) is 15.9 Å². The quantitative estimate of drug-likeness (QED) is 0.292. The molecule has 13 heteroatoms. The number of halogens is 3. The van der Waals surface area contributed by atoms with Gasteiger partial charge in [0.05, 0.1) is 11.3 Å². The summed E-state index contributed by atoms with van der Waals surface area (Å²) in [4.78, 5) is 39.8. The van der Waals surface area contributed by atoms with Crippen LogP contribution >= 0.6 is 11.5 Å². The third-order valence-corrected chi connectivity index (χ3v) is 6.52. The molecule has 0 unspecified atom stereocenters. The molecule has 2 aromatic heterocycles. The maximum absolute atomic E-state index is 13.9. The SMILES string of the molecule is Cc1ccc([C@H](C(=O)NCc2ccccc2)N(C(=O)c2snc(C(N)=O)c2N)c2cccc(C(F)(F)F)c2)o1. The summed E-state index contributed by atoms with van der Waals surface area (Å²) in [6.07, 6.45) is -4.74. The van der Waals surface area contributed by atoms with Gasteiger partial charge in [-0.25, -0.2) is 0 Å². The number of anilines is 2. The average molecular weight is 558 g/mol. The first kappa shape index (κ1) is 27.4. The monoisotopic (exact) mass is 557 g/mol. The number of furan rings is 1. The van der Waals surface area contributed by atoms with Crippen LogP contribution in [0.25, 0.3) is 0 Å². The molecular weight excluding hydrogens is 535 g/mol. The summed E-state index contributed by atoms with van der Waals surface area (Å²) in [5, 5.41) is 2.71. The van der Waals surface area contributed by atoms with Gasteiger partial charge in [-0.2, -0.15) is 17.5 Å². The van der Waals surface area contributed by atoms with Crippen molar-refractivity contribution in [1.82, 2.24) is 9.69 Å². The van der Waals surface area contributed by atoms with E-state index in [-0.39, 0.29) is 34.3 Å². The molecule has 39 heavy (non-hydrogen) atoms. The van der Waals surface area contributed by atoms with Crippen molar-refractivity contribution in [2.24, 2.45) is 5.73 Å². The molecule has 0 fully saturated rings. The summed E-state index contributed by atoms with van der Waals surface area (Å²) in [6.45, 7) is 1.67. The van der Waals surface area contributed by atoms with Gasteiger partial charge in [0.15, 0.2) is 11.7 Å². The van der Waals surface area contributed by atoms with Gasteiger partial charge in [-0.3, -0.25) is 19.3 Å². The highest BCUT2D eigenvalue weighted by molar-refractivity contribution is 7.09. The Morgan fingerprint density at radius 3 is 2.38 bits per heavy atom. The zero-order valence-electron chi connectivity index (χ0n) is 20.4. The molecule has 0 aliphatic carbocycles. The number of carbonyl (C=O) groups excluding carboxylic acids is 3. The molecule has 0 aliphatic heterocycles. The van der Waals surface area contributed by atoms with Crippen molar-refractivity contribution < 1.29 is 32.0 Å². The predicted octanol–water partition coefficient (Wildman–Crippen LogP) is 4.45. The minimum absolute atomic E-state index is 0.0120. The van der Waals surface area contributed by atoms with E-state index < -0.39 is 35.5 Å². The van der Waals surface area contributed by atoms with E-state index >= 15 is 0 Å². The Morgan fingerprint density at radius 1 is 1.08 bits per heavy atom. The number of carbonyl (C=O) groups is 3. The number of nitrogens with one attached hydrogen (secondary N) is 1. The lowest BCUT2D eigenvalue weighted by molar-refractivity contribution is -0.137. The van der Waals surface area contributed by atoms with Crippen molar-refractivity contribution >= 4 is 40.6 Å². The van der Waals surface area contributed by atoms with E-state index in [2.05, 4.69) is 9.69 Å². The highest BCUT2D eigenvalue weighted by Gasteiger charge is 2.39. The number of benzene rings is 2. The smallest absolute Gasteiger partial charge is 0.416 e. The number of nitrogens with two attached hydrogens (primary N) is 2. The molecular formula is C26H22F3N5O4S. The van der Waals surface area contributed by atoms with Crippen molar-refractivity contribution in [1.29, 1.82) is 0 Å². The average Bonchev–Trinajstić information content (AvgIpc) is 3.50. The van der Waals surface area contributed by atoms with Gasteiger partial charge in [0, 0.05) is 12.2 Å². The molecule has 0 radical (unpaired) electrons. The second kappa shape index (κ2) is 11.0. The topological polar surface area (TPSA) is 145 Å². The summed E-state index contributed by atoms with van der Waals surface area (Å²) >= 11 is 0.534. The van der Waals surface area contributed by atoms with Crippen molar-refractivity contribution in [3.8, 4) is 0 Å². The molecule has 0 saturated heterocycles. The van der Waals surface area contributed by atoms with E-state index in [0.29, 0.717) is 17.3 Å². The van der Waals surface area contributed by atoms with Crippen LogP contribution in [-0.2, 0) is 17.5 Å². The number of aryl methyl sites for hydroxylation is 1. The van der Waals surface area contributed by atoms with Gasteiger partial charge in [-0.1, -0.05) is 36.4 Å². The standard InChI is InChI=1S/C26H22F3N5O4S/c1-14-10-11-18(38-14)21(24(36)32-13-15-6-3-2-4-7-15)34(17-9-5-8-16(12-17)26(27,28)29)25(37)22-19(30)20(23(31)35)33-39-22/h2-12,21H,13,30H2,1H3,(H2,31,35)(H,32,36)/t21-/m1/s1. The van der Waals surface area contributed by atoms with E-state index in [1.54, 1.807) is 43.3 Å². The minimum atomic E-state index is -4.74. The van der Waals surface area contributed by atoms with Crippen LogP contribution in [0.3, 0.4) is 0 Å². The number of nitrogens with zero attached hydrogens (tertiary/aromatic N) is 2. The van der Waals surface area contributed by atoms with Crippen molar-refractivity contribution in [3.63, 3.8) is 0 Å². The van der Waals surface area contributed by atoms with Gasteiger partial charge in [-0.15, -0.1) is 0 Å². The Morgan fingerprint density at radius 2 is 1.79 bits per heavy atom. The molecule has 3 amide bonds. The molecule has 0 bridgehead atoms. The number of aromatic nitrogens is 1. The van der Waals surface area contributed by atoms with Crippen molar-refractivity contribution in [3.05, 3.63) is 99.9 Å². The third kappa shape index (κ3) is 5.93. The number of hydrogen-bond donors (Lipinski definition) is 3. The molecule has 0 spiro atoms. The van der Waals surface area contributed by atoms with Crippen LogP contribution in [0.2, 0.25) is 0 Å². The molecule has 9 nitrogen and oxygen atoms in total. The number of nitrogen functional groups attached to an aromatic ring is 1. The molecule has 4 aromatic rings. The lowest BCUT2D eigenvalue weighted by Gasteiger charge is -2.30. The minimum Gasteiger partial charge on any atom is -0.464 e. The van der Waals surface area contributed by atoms with Crippen LogP contribution in [0.5, 0.6) is 0 Å². The van der Waals surface area contributed by atoms with E-state index in [0.717, 1.165) is 28.7 Å². The number of amides is 3. The molecule has 0 aliphatic rings. The highest BCUT2D eigenvalue weighted by atomic mass is 32.1. The van der Waals surface area contributed by atoms with Crippen LogP contribution in [-0.4, -0.2) is 22.1 Å². The van der Waals surface area contributed by atoms with Crippen LogP contribution in [0, 0.1) is 6.92 Å².